The molecule has 0 unspecified atom stereocenters. The molecule has 8 heteroatoms. The lowest BCUT2D eigenvalue weighted by Gasteiger charge is -2.14. The van der Waals surface area contributed by atoms with Crippen LogP contribution in [0.2, 0.25) is 0 Å². The Bertz CT molecular complexity index is 1020. The van der Waals surface area contributed by atoms with Gasteiger partial charge < -0.3 is 19.9 Å². The van der Waals surface area contributed by atoms with Crippen molar-refractivity contribution in [1.82, 2.24) is 20.4 Å². The van der Waals surface area contributed by atoms with Crippen molar-refractivity contribution in [3.8, 4) is 11.3 Å². The van der Waals surface area contributed by atoms with Crippen molar-refractivity contribution in [2.75, 3.05) is 19.0 Å². The van der Waals surface area contributed by atoms with Crippen LogP contribution in [0, 0.1) is 12.8 Å². The van der Waals surface area contributed by atoms with Gasteiger partial charge in [-0.05, 0) is 56.4 Å². The normalized spacial score (nSPS) is 18.1. The Hall–Kier alpha value is -3.26. The van der Waals surface area contributed by atoms with Crippen molar-refractivity contribution in [3.05, 3.63) is 59.7 Å². The maximum absolute atomic E-state index is 12.1. The molecule has 0 aromatic carbocycles. The molecule has 1 saturated carbocycles. The molecule has 2 N–H and O–H groups in total. The second kappa shape index (κ2) is 9.70. The summed E-state index contributed by atoms with van der Waals surface area (Å²) >= 11 is 0. The van der Waals surface area contributed by atoms with Crippen LogP contribution < -0.4 is 10.6 Å². The zero-order chi connectivity index (χ0) is 21.6. The van der Waals surface area contributed by atoms with E-state index in [1.165, 1.54) is 0 Å². The van der Waals surface area contributed by atoms with Crippen molar-refractivity contribution >= 4 is 11.7 Å². The van der Waals surface area contributed by atoms with Crippen molar-refractivity contribution in [1.29, 1.82) is 0 Å². The number of methoxy groups -OCH3 is 1. The predicted molar refractivity (Wildman–Crippen MR) is 117 cm³/mol. The molecule has 3 heterocycles. The lowest BCUT2D eigenvalue weighted by atomic mass is 10.1. The summed E-state index contributed by atoms with van der Waals surface area (Å²) in [4.78, 5) is 21.3. The summed E-state index contributed by atoms with van der Waals surface area (Å²) < 4.78 is 10.2. The minimum atomic E-state index is -0.211. The van der Waals surface area contributed by atoms with Gasteiger partial charge in [0.2, 0.25) is 5.76 Å². The fourth-order valence-electron chi connectivity index (χ4n) is 3.89. The molecule has 1 aliphatic carbocycles. The van der Waals surface area contributed by atoms with Gasteiger partial charge in [-0.2, -0.15) is 0 Å². The van der Waals surface area contributed by atoms with Crippen molar-refractivity contribution in [2.24, 2.45) is 5.92 Å². The quantitative estimate of drug-likeness (QED) is 0.573. The average Bonchev–Trinajstić information content (AvgIpc) is 3.42. The molecule has 1 amide bonds. The van der Waals surface area contributed by atoms with E-state index in [0.29, 0.717) is 30.8 Å². The molecule has 2 atom stereocenters. The number of hydrogen-bond acceptors (Lipinski definition) is 7. The van der Waals surface area contributed by atoms with Crippen LogP contribution in [0.4, 0.5) is 5.82 Å². The van der Waals surface area contributed by atoms with Crippen molar-refractivity contribution in [3.63, 3.8) is 0 Å². The minimum Gasteiger partial charge on any atom is -0.378 e. The minimum absolute atomic E-state index is 0.211. The first-order chi connectivity index (χ1) is 15.1. The van der Waals surface area contributed by atoms with E-state index in [4.69, 9.17) is 9.26 Å². The van der Waals surface area contributed by atoms with Gasteiger partial charge in [-0.1, -0.05) is 11.2 Å². The van der Waals surface area contributed by atoms with Gasteiger partial charge in [0.05, 0.1) is 23.7 Å². The number of nitrogens with zero attached hydrogens (tertiary/aromatic N) is 3. The maximum atomic E-state index is 12.1. The zero-order valence-corrected chi connectivity index (χ0v) is 17.8. The summed E-state index contributed by atoms with van der Waals surface area (Å²) in [5.41, 5.74) is 3.45. The van der Waals surface area contributed by atoms with E-state index in [9.17, 15) is 4.79 Å². The number of aryl methyl sites for hydroxylation is 1. The van der Waals surface area contributed by atoms with Gasteiger partial charge in [0.1, 0.15) is 5.82 Å². The first kappa shape index (κ1) is 21.0. The monoisotopic (exact) mass is 421 g/mol. The third kappa shape index (κ3) is 5.46. The SMILES string of the molecule is COCc1cccc(-c2ccc(N[C@@H]3CC[C@H](CNC(=O)c4cc(C)no4)C3)nc2)n1. The Kier molecular flexibility index (Phi) is 6.57. The second-order valence-corrected chi connectivity index (χ2v) is 7.94. The van der Waals surface area contributed by atoms with E-state index in [-0.39, 0.29) is 11.7 Å². The van der Waals surface area contributed by atoms with Crippen molar-refractivity contribution < 1.29 is 14.1 Å². The molecule has 3 aromatic heterocycles. The molecule has 0 bridgehead atoms. The Morgan fingerprint density at radius 3 is 2.90 bits per heavy atom. The van der Waals surface area contributed by atoms with E-state index < -0.39 is 0 Å². The summed E-state index contributed by atoms with van der Waals surface area (Å²) in [5, 5.41) is 10.2. The van der Waals surface area contributed by atoms with E-state index in [0.717, 1.165) is 42.0 Å². The molecule has 0 radical (unpaired) electrons. The number of carbonyl (C=O) groups excluding carboxylic acids is 1. The van der Waals surface area contributed by atoms with Gasteiger partial charge >= 0.3 is 0 Å². The van der Waals surface area contributed by atoms with Gasteiger partial charge in [0, 0.05) is 37.5 Å². The molecule has 162 valence electrons. The molecule has 0 saturated heterocycles. The van der Waals surface area contributed by atoms with E-state index in [1.807, 2.05) is 36.5 Å². The summed E-state index contributed by atoms with van der Waals surface area (Å²) in [7, 11) is 1.66. The van der Waals surface area contributed by atoms with Gasteiger partial charge in [0.25, 0.3) is 5.91 Å². The number of amides is 1. The first-order valence-corrected chi connectivity index (χ1v) is 10.5. The highest BCUT2D eigenvalue weighted by Gasteiger charge is 2.25. The van der Waals surface area contributed by atoms with Gasteiger partial charge in [-0.3, -0.25) is 9.78 Å². The number of ether oxygens (including phenoxy) is 1. The fourth-order valence-corrected chi connectivity index (χ4v) is 3.89. The lowest BCUT2D eigenvalue weighted by Crippen LogP contribution is -2.28. The first-order valence-electron chi connectivity index (χ1n) is 10.5. The van der Waals surface area contributed by atoms with Crippen LogP contribution in [0.25, 0.3) is 11.3 Å². The Labute approximate surface area is 181 Å². The van der Waals surface area contributed by atoms with Crippen LogP contribution in [0.3, 0.4) is 0 Å². The maximum Gasteiger partial charge on any atom is 0.289 e. The zero-order valence-electron chi connectivity index (χ0n) is 17.8. The third-order valence-corrected chi connectivity index (χ3v) is 5.45. The Morgan fingerprint density at radius 2 is 2.16 bits per heavy atom. The molecule has 1 fully saturated rings. The molecular formula is C23H27N5O3. The van der Waals surface area contributed by atoms with Crippen LogP contribution in [-0.2, 0) is 11.3 Å². The number of aromatic nitrogens is 3. The number of carbonyl (C=O) groups is 1. The standard InChI is InChI=1S/C23H27N5O3/c1-15-10-21(31-28-15)23(29)25-12-16-6-8-18(11-16)27-22-9-7-17(13-24-22)20-5-3-4-19(26-20)14-30-2/h3-5,7,9-10,13,16,18H,6,8,11-12,14H2,1-2H3,(H,24,27)(H,25,29)/t16-,18+/m0/s1. The highest BCUT2D eigenvalue weighted by Crippen LogP contribution is 2.28. The highest BCUT2D eigenvalue weighted by atomic mass is 16.5. The molecular weight excluding hydrogens is 394 g/mol. The Balaban J connectivity index is 1.27. The molecule has 0 spiro atoms. The Morgan fingerprint density at radius 1 is 1.26 bits per heavy atom. The molecule has 1 aliphatic rings. The van der Waals surface area contributed by atoms with Crippen LogP contribution >= 0.6 is 0 Å². The fraction of sp³-hybridized carbons (Fsp3) is 0.391. The van der Waals surface area contributed by atoms with Gasteiger partial charge in [-0.15, -0.1) is 0 Å². The summed E-state index contributed by atoms with van der Waals surface area (Å²) in [5.74, 6) is 1.33. The second-order valence-electron chi connectivity index (χ2n) is 7.94. The van der Waals surface area contributed by atoms with E-state index >= 15 is 0 Å². The van der Waals surface area contributed by atoms with E-state index in [1.54, 1.807) is 20.1 Å². The summed E-state index contributed by atoms with van der Waals surface area (Å²) in [6, 6.07) is 11.9. The van der Waals surface area contributed by atoms with Gasteiger partial charge in [-0.25, -0.2) is 4.98 Å². The number of rotatable bonds is 8. The highest BCUT2D eigenvalue weighted by molar-refractivity contribution is 5.91. The summed E-state index contributed by atoms with van der Waals surface area (Å²) in [6.45, 7) is 2.91. The largest absolute Gasteiger partial charge is 0.378 e. The predicted octanol–water partition coefficient (Wildman–Crippen LogP) is 3.60. The molecule has 8 nitrogen and oxygen atoms in total. The molecule has 3 aromatic rings. The summed E-state index contributed by atoms with van der Waals surface area (Å²) in [6.07, 6.45) is 4.93. The molecule has 31 heavy (non-hydrogen) atoms. The third-order valence-electron chi connectivity index (χ3n) is 5.45. The van der Waals surface area contributed by atoms with Crippen LogP contribution in [0.5, 0.6) is 0 Å². The smallest absolute Gasteiger partial charge is 0.289 e. The topological polar surface area (TPSA) is 102 Å². The van der Waals surface area contributed by atoms with Gasteiger partial charge in [0.15, 0.2) is 0 Å². The number of hydrogen-bond donors (Lipinski definition) is 2. The van der Waals surface area contributed by atoms with Crippen LogP contribution in [0.1, 0.15) is 41.2 Å². The van der Waals surface area contributed by atoms with Crippen LogP contribution in [0.15, 0.2) is 47.1 Å². The lowest BCUT2D eigenvalue weighted by molar-refractivity contribution is 0.0910. The average molecular weight is 422 g/mol. The molecule has 0 aliphatic heterocycles. The number of anilines is 1. The number of nitrogens with one attached hydrogen (secondary N) is 2. The van der Waals surface area contributed by atoms with Crippen molar-refractivity contribution in [2.45, 2.75) is 38.8 Å². The van der Waals surface area contributed by atoms with E-state index in [2.05, 4.69) is 25.8 Å². The van der Waals surface area contributed by atoms with Crippen LogP contribution in [-0.4, -0.2) is 40.7 Å². The molecule has 4 rings (SSSR count). The number of pyridine rings is 2.